The van der Waals surface area contributed by atoms with Crippen molar-refractivity contribution >= 4 is 25.4 Å². The second-order valence-corrected chi connectivity index (χ2v) is 7.11. The number of rotatable bonds is 4. The van der Waals surface area contributed by atoms with E-state index >= 15 is 0 Å². The normalized spacial score (nSPS) is 16.6. The Balaban J connectivity index is 2.10. The van der Waals surface area contributed by atoms with Gasteiger partial charge >= 0.3 is 0 Å². The van der Waals surface area contributed by atoms with Crippen molar-refractivity contribution in [1.29, 1.82) is 0 Å². The zero-order valence-corrected chi connectivity index (χ0v) is 12.3. The molecule has 0 aliphatic carbocycles. The topological polar surface area (TPSA) is 57.0 Å². The first-order chi connectivity index (χ1) is 9.50. The average Bonchev–Trinajstić information content (AvgIpc) is 2.45. The Hall–Kier alpha value is -1.29. The molecule has 0 amide bonds. The van der Waals surface area contributed by atoms with Crippen molar-refractivity contribution < 1.29 is 17.9 Å². The van der Waals surface area contributed by atoms with Gasteiger partial charge in [0.1, 0.15) is 5.75 Å². The van der Waals surface area contributed by atoms with E-state index in [1.165, 1.54) is 18.2 Å². The summed E-state index contributed by atoms with van der Waals surface area (Å²) < 4.78 is 33.3. The molecule has 7 heteroatoms. The van der Waals surface area contributed by atoms with Crippen LogP contribution in [0.15, 0.2) is 23.1 Å². The molecule has 2 rings (SSSR count). The summed E-state index contributed by atoms with van der Waals surface area (Å²) in [6.07, 6.45) is 1.86. The molecule has 0 saturated carbocycles. The molecule has 1 aliphatic rings. The van der Waals surface area contributed by atoms with Gasteiger partial charge in [0.05, 0.1) is 18.1 Å². The van der Waals surface area contributed by atoms with Crippen molar-refractivity contribution in [2.24, 2.45) is 5.92 Å². The number of ether oxygens (including phenoxy) is 2. The van der Waals surface area contributed by atoms with Crippen molar-refractivity contribution in [3.05, 3.63) is 29.6 Å². The number of halogens is 1. The van der Waals surface area contributed by atoms with Gasteiger partial charge in [-0.3, -0.25) is 0 Å². The van der Waals surface area contributed by atoms with Gasteiger partial charge in [0, 0.05) is 23.9 Å². The molecule has 1 fully saturated rings. The predicted molar refractivity (Wildman–Crippen MR) is 74.8 cm³/mol. The van der Waals surface area contributed by atoms with Gasteiger partial charge in [-0.25, -0.2) is 13.3 Å². The van der Waals surface area contributed by atoms with Crippen LogP contribution in [0.1, 0.15) is 12.8 Å². The van der Waals surface area contributed by atoms with Crippen LogP contribution in [0.4, 0.5) is 5.69 Å². The Morgan fingerprint density at radius 3 is 2.70 bits per heavy atom. The Kier molecular flexibility index (Phi) is 4.86. The Morgan fingerprint density at radius 1 is 1.40 bits per heavy atom. The lowest BCUT2D eigenvalue weighted by atomic mass is 10.0. The molecule has 0 bridgehead atoms. The maximum absolute atomic E-state index is 11.2. The molecule has 0 radical (unpaired) electrons. The summed E-state index contributed by atoms with van der Waals surface area (Å²) in [5, 5.41) is 0. The Labute approximate surface area is 122 Å². The average molecular weight is 316 g/mol. The standard InChI is InChI=1S/C13H14ClNO4S/c1-15-12-8-11(20(14,16)17)2-3-13(12)19-9-10-4-6-18-7-5-10/h2-3,8,10H,4-7,9H2. The molecule has 1 aromatic rings. The maximum Gasteiger partial charge on any atom is 0.260 e. The molecule has 5 nitrogen and oxygen atoms in total. The molecule has 0 N–H and O–H groups in total. The van der Waals surface area contributed by atoms with Crippen molar-refractivity contribution in [2.75, 3.05) is 19.8 Å². The zero-order chi connectivity index (χ0) is 14.6. The van der Waals surface area contributed by atoms with E-state index in [9.17, 15) is 8.42 Å². The molecule has 0 spiro atoms. The SMILES string of the molecule is [C-]#[N+]c1cc(S(=O)(=O)Cl)ccc1OCC1CCOCC1. The van der Waals surface area contributed by atoms with Gasteiger partial charge in [0.15, 0.2) is 0 Å². The van der Waals surface area contributed by atoms with Gasteiger partial charge in [-0.05, 0) is 37.0 Å². The second kappa shape index (κ2) is 6.44. The van der Waals surface area contributed by atoms with E-state index in [0.717, 1.165) is 26.1 Å². The molecule has 20 heavy (non-hydrogen) atoms. The molecule has 0 atom stereocenters. The highest BCUT2D eigenvalue weighted by atomic mass is 35.7. The summed E-state index contributed by atoms with van der Waals surface area (Å²) in [7, 11) is 1.42. The van der Waals surface area contributed by atoms with Crippen molar-refractivity contribution in [3.63, 3.8) is 0 Å². The largest absolute Gasteiger partial charge is 0.504 e. The molecular formula is C13H14ClNO4S. The van der Waals surface area contributed by atoms with Gasteiger partial charge in [0.2, 0.25) is 5.69 Å². The van der Waals surface area contributed by atoms with Crippen LogP contribution in [-0.2, 0) is 13.8 Å². The molecule has 0 unspecified atom stereocenters. The fourth-order valence-corrected chi connectivity index (χ4v) is 2.75. The van der Waals surface area contributed by atoms with Gasteiger partial charge < -0.3 is 9.47 Å². The monoisotopic (exact) mass is 315 g/mol. The summed E-state index contributed by atoms with van der Waals surface area (Å²) in [5.74, 6) is 0.786. The fraction of sp³-hybridized carbons (Fsp3) is 0.462. The lowest BCUT2D eigenvalue weighted by molar-refractivity contribution is 0.0499. The third-order valence-corrected chi connectivity index (χ3v) is 4.50. The summed E-state index contributed by atoms with van der Waals surface area (Å²) >= 11 is 0. The highest BCUT2D eigenvalue weighted by molar-refractivity contribution is 8.13. The van der Waals surface area contributed by atoms with E-state index in [2.05, 4.69) is 4.85 Å². The Bertz CT molecular complexity index is 618. The number of benzene rings is 1. The highest BCUT2D eigenvalue weighted by Gasteiger charge is 2.17. The van der Waals surface area contributed by atoms with Crippen LogP contribution >= 0.6 is 10.7 Å². The quantitative estimate of drug-likeness (QED) is 0.633. The third kappa shape index (κ3) is 3.85. The van der Waals surface area contributed by atoms with Crippen LogP contribution in [0.2, 0.25) is 0 Å². The van der Waals surface area contributed by atoms with Crippen LogP contribution in [0.3, 0.4) is 0 Å². The second-order valence-electron chi connectivity index (χ2n) is 4.55. The van der Waals surface area contributed by atoms with Crippen LogP contribution < -0.4 is 4.74 Å². The van der Waals surface area contributed by atoms with E-state index in [4.69, 9.17) is 26.7 Å². The maximum atomic E-state index is 11.2. The van der Waals surface area contributed by atoms with Gasteiger partial charge in [-0.1, -0.05) is 0 Å². The first-order valence-electron chi connectivity index (χ1n) is 6.17. The van der Waals surface area contributed by atoms with Crippen LogP contribution in [0, 0.1) is 12.5 Å². The molecule has 1 aliphatic heterocycles. The minimum Gasteiger partial charge on any atom is -0.504 e. The number of hydrogen-bond donors (Lipinski definition) is 0. The van der Waals surface area contributed by atoms with Crippen LogP contribution in [0.25, 0.3) is 4.85 Å². The summed E-state index contributed by atoms with van der Waals surface area (Å²) in [6.45, 7) is 9.05. The molecular weight excluding hydrogens is 302 g/mol. The first-order valence-corrected chi connectivity index (χ1v) is 8.48. The molecule has 1 heterocycles. The molecule has 108 valence electrons. The molecule has 0 aromatic heterocycles. The summed E-state index contributed by atoms with van der Waals surface area (Å²) in [6, 6.07) is 4.05. The van der Waals surface area contributed by atoms with Gasteiger partial charge in [-0.15, -0.1) is 0 Å². The van der Waals surface area contributed by atoms with E-state index in [1.807, 2.05) is 0 Å². The van der Waals surface area contributed by atoms with E-state index in [-0.39, 0.29) is 10.6 Å². The zero-order valence-electron chi connectivity index (χ0n) is 10.7. The summed E-state index contributed by atoms with van der Waals surface area (Å²) in [4.78, 5) is 3.19. The minimum absolute atomic E-state index is 0.0939. The van der Waals surface area contributed by atoms with Crippen molar-refractivity contribution in [3.8, 4) is 5.75 Å². The first kappa shape index (κ1) is 15.1. The van der Waals surface area contributed by atoms with E-state index in [0.29, 0.717) is 18.3 Å². The highest BCUT2D eigenvalue weighted by Crippen LogP contribution is 2.32. The minimum atomic E-state index is -3.83. The predicted octanol–water partition coefficient (Wildman–Crippen LogP) is 2.97. The van der Waals surface area contributed by atoms with Gasteiger partial charge in [-0.2, -0.15) is 0 Å². The lowest BCUT2D eigenvalue weighted by Gasteiger charge is -2.22. The summed E-state index contributed by atoms with van der Waals surface area (Å²) in [5.41, 5.74) is 0.152. The van der Waals surface area contributed by atoms with Gasteiger partial charge in [0.25, 0.3) is 9.05 Å². The number of nitrogens with zero attached hydrogens (tertiary/aromatic N) is 1. The van der Waals surface area contributed by atoms with Crippen LogP contribution in [-0.4, -0.2) is 28.2 Å². The van der Waals surface area contributed by atoms with E-state index < -0.39 is 9.05 Å². The third-order valence-electron chi connectivity index (χ3n) is 3.15. The Morgan fingerprint density at radius 2 is 2.10 bits per heavy atom. The molecule has 1 saturated heterocycles. The van der Waals surface area contributed by atoms with E-state index in [1.54, 1.807) is 0 Å². The fourth-order valence-electron chi connectivity index (χ4n) is 1.98. The van der Waals surface area contributed by atoms with Crippen LogP contribution in [0.5, 0.6) is 5.75 Å². The molecule has 1 aromatic carbocycles. The van der Waals surface area contributed by atoms with Crippen molar-refractivity contribution in [2.45, 2.75) is 17.7 Å². The smallest absolute Gasteiger partial charge is 0.260 e. The number of hydrogen-bond acceptors (Lipinski definition) is 4. The lowest BCUT2D eigenvalue weighted by Crippen LogP contribution is -2.21. The van der Waals surface area contributed by atoms with Crippen molar-refractivity contribution in [1.82, 2.24) is 0 Å².